The van der Waals surface area contributed by atoms with E-state index in [4.69, 9.17) is 21.1 Å². The van der Waals surface area contributed by atoms with E-state index >= 15 is 0 Å². The molecule has 0 radical (unpaired) electrons. The van der Waals surface area contributed by atoms with E-state index < -0.39 is 0 Å². The molecule has 1 N–H and O–H groups in total. The zero-order valence-corrected chi connectivity index (χ0v) is 20.2. The van der Waals surface area contributed by atoms with Crippen molar-refractivity contribution in [2.75, 3.05) is 24.8 Å². The van der Waals surface area contributed by atoms with Crippen LogP contribution in [0.4, 0.5) is 5.69 Å². The summed E-state index contributed by atoms with van der Waals surface area (Å²) in [6.45, 7) is 7.61. The molecule has 0 saturated carbocycles. The number of nitrogens with one attached hydrogen (secondary N) is 1. The standard InChI is InChI=1S/C23H27ClN4O3S/c1-5-28-22(16-6-9-18(10-7-16)31-13-15(2)3)26-27-23(28)32-14-21(29)25-19-12-17(24)8-11-20(19)30-4/h6-12,15H,5,13-14H2,1-4H3,(H,25,29). The molecule has 1 amide bonds. The lowest BCUT2D eigenvalue weighted by Gasteiger charge is -2.11. The van der Waals surface area contributed by atoms with Crippen molar-refractivity contribution in [2.24, 2.45) is 5.92 Å². The van der Waals surface area contributed by atoms with Gasteiger partial charge in [0.1, 0.15) is 11.5 Å². The monoisotopic (exact) mass is 474 g/mol. The predicted octanol–water partition coefficient (Wildman–Crippen LogP) is 5.39. The summed E-state index contributed by atoms with van der Waals surface area (Å²) in [6, 6.07) is 12.9. The fourth-order valence-electron chi connectivity index (χ4n) is 2.95. The Morgan fingerprint density at radius 1 is 1.19 bits per heavy atom. The zero-order chi connectivity index (χ0) is 23.1. The molecule has 1 heterocycles. The van der Waals surface area contributed by atoms with E-state index in [9.17, 15) is 4.79 Å². The SMILES string of the molecule is CCn1c(SCC(=O)Nc2cc(Cl)ccc2OC)nnc1-c1ccc(OCC(C)C)cc1. The molecule has 0 unspecified atom stereocenters. The van der Waals surface area contributed by atoms with Crippen molar-refractivity contribution in [1.82, 2.24) is 14.8 Å². The van der Waals surface area contributed by atoms with Gasteiger partial charge in [0.15, 0.2) is 11.0 Å². The Morgan fingerprint density at radius 2 is 1.94 bits per heavy atom. The van der Waals surface area contributed by atoms with Gasteiger partial charge in [0.05, 0.1) is 25.2 Å². The number of hydrogen-bond donors (Lipinski definition) is 1. The van der Waals surface area contributed by atoms with Crippen molar-refractivity contribution in [3.63, 3.8) is 0 Å². The van der Waals surface area contributed by atoms with E-state index in [1.54, 1.807) is 25.3 Å². The predicted molar refractivity (Wildman–Crippen MR) is 129 cm³/mol. The van der Waals surface area contributed by atoms with Gasteiger partial charge >= 0.3 is 0 Å². The molecule has 1 aromatic heterocycles. The minimum absolute atomic E-state index is 0.176. The molecule has 2 aromatic carbocycles. The molecule has 9 heteroatoms. The van der Waals surface area contributed by atoms with Crippen molar-refractivity contribution in [2.45, 2.75) is 32.5 Å². The summed E-state index contributed by atoms with van der Waals surface area (Å²) in [7, 11) is 1.54. The van der Waals surface area contributed by atoms with Crippen LogP contribution in [0.1, 0.15) is 20.8 Å². The number of ether oxygens (including phenoxy) is 2. The molecule has 0 bridgehead atoms. The van der Waals surface area contributed by atoms with Crippen LogP contribution in [-0.2, 0) is 11.3 Å². The number of rotatable bonds is 10. The second kappa shape index (κ2) is 11.2. The first-order chi connectivity index (χ1) is 15.4. The topological polar surface area (TPSA) is 78.3 Å². The Morgan fingerprint density at radius 3 is 2.59 bits per heavy atom. The van der Waals surface area contributed by atoms with Gasteiger partial charge in [-0.25, -0.2) is 0 Å². The first-order valence-corrected chi connectivity index (χ1v) is 11.7. The average Bonchev–Trinajstić information content (AvgIpc) is 3.19. The molecule has 0 spiro atoms. The van der Waals surface area contributed by atoms with Gasteiger partial charge < -0.3 is 19.4 Å². The van der Waals surface area contributed by atoms with Crippen LogP contribution in [0.3, 0.4) is 0 Å². The molecule has 3 rings (SSSR count). The lowest BCUT2D eigenvalue weighted by Crippen LogP contribution is -2.15. The lowest BCUT2D eigenvalue weighted by atomic mass is 10.2. The minimum Gasteiger partial charge on any atom is -0.495 e. The molecule has 0 atom stereocenters. The first kappa shape index (κ1) is 23.9. The van der Waals surface area contributed by atoms with Crippen LogP contribution in [0.15, 0.2) is 47.6 Å². The van der Waals surface area contributed by atoms with Crippen LogP contribution < -0.4 is 14.8 Å². The molecule has 0 aliphatic carbocycles. The van der Waals surface area contributed by atoms with Crippen molar-refractivity contribution in [3.8, 4) is 22.9 Å². The number of thioether (sulfide) groups is 1. The van der Waals surface area contributed by atoms with Gasteiger partial charge in [-0.2, -0.15) is 0 Å². The van der Waals surface area contributed by atoms with E-state index in [0.717, 1.165) is 17.1 Å². The summed E-state index contributed by atoms with van der Waals surface area (Å²) in [5, 5.41) is 12.7. The molecule has 3 aromatic rings. The molecule has 32 heavy (non-hydrogen) atoms. The van der Waals surface area contributed by atoms with Crippen LogP contribution in [0.2, 0.25) is 5.02 Å². The maximum Gasteiger partial charge on any atom is 0.234 e. The fraction of sp³-hybridized carbons (Fsp3) is 0.348. The number of hydrogen-bond acceptors (Lipinski definition) is 6. The second-order valence-electron chi connectivity index (χ2n) is 7.46. The van der Waals surface area contributed by atoms with Gasteiger partial charge in [0.25, 0.3) is 0 Å². The Labute approximate surface area is 197 Å². The maximum atomic E-state index is 12.5. The number of amides is 1. The third-order valence-corrected chi connectivity index (χ3v) is 5.70. The lowest BCUT2D eigenvalue weighted by molar-refractivity contribution is -0.113. The molecule has 0 aliphatic heterocycles. The summed E-state index contributed by atoms with van der Waals surface area (Å²) >= 11 is 7.36. The van der Waals surface area contributed by atoms with Crippen molar-refractivity contribution >= 4 is 35.0 Å². The third-order valence-electron chi connectivity index (χ3n) is 4.50. The molecular weight excluding hydrogens is 448 g/mol. The second-order valence-corrected chi connectivity index (χ2v) is 8.84. The Bertz CT molecular complexity index is 1050. The van der Waals surface area contributed by atoms with E-state index in [1.807, 2.05) is 35.8 Å². The number of aromatic nitrogens is 3. The summed E-state index contributed by atoms with van der Waals surface area (Å²) in [5.41, 5.74) is 1.47. The third kappa shape index (κ3) is 6.17. The molecule has 0 saturated heterocycles. The number of methoxy groups -OCH3 is 1. The van der Waals surface area contributed by atoms with E-state index in [-0.39, 0.29) is 11.7 Å². The van der Waals surface area contributed by atoms with Crippen LogP contribution >= 0.6 is 23.4 Å². The van der Waals surface area contributed by atoms with Crippen LogP contribution in [0, 0.1) is 5.92 Å². The van der Waals surface area contributed by atoms with Gasteiger partial charge in [-0.3, -0.25) is 4.79 Å². The molecule has 0 aliphatic rings. The number of carbonyl (C=O) groups excluding carboxylic acids is 1. The highest BCUT2D eigenvalue weighted by atomic mass is 35.5. The number of carbonyl (C=O) groups is 1. The highest BCUT2D eigenvalue weighted by molar-refractivity contribution is 7.99. The van der Waals surface area contributed by atoms with Gasteiger partial charge in [0.2, 0.25) is 5.91 Å². The van der Waals surface area contributed by atoms with Crippen LogP contribution in [0.25, 0.3) is 11.4 Å². The van der Waals surface area contributed by atoms with Gasteiger partial charge in [-0.1, -0.05) is 37.2 Å². The number of nitrogens with zero attached hydrogens (tertiary/aromatic N) is 3. The van der Waals surface area contributed by atoms with Gasteiger partial charge in [0, 0.05) is 17.1 Å². The van der Waals surface area contributed by atoms with Gasteiger partial charge in [-0.05, 0) is 55.3 Å². The smallest absolute Gasteiger partial charge is 0.234 e. The highest BCUT2D eigenvalue weighted by Crippen LogP contribution is 2.29. The van der Waals surface area contributed by atoms with E-state index in [0.29, 0.717) is 40.7 Å². The summed E-state index contributed by atoms with van der Waals surface area (Å²) in [6.07, 6.45) is 0. The Balaban J connectivity index is 1.66. The Kier molecular flexibility index (Phi) is 8.41. The average molecular weight is 475 g/mol. The summed E-state index contributed by atoms with van der Waals surface area (Å²) in [4.78, 5) is 12.5. The number of halogens is 1. The zero-order valence-electron chi connectivity index (χ0n) is 18.6. The summed E-state index contributed by atoms with van der Waals surface area (Å²) < 4.78 is 13.0. The fourth-order valence-corrected chi connectivity index (χ4v) is 3.93. The van der Waals surface area contributed by atoms with Crippen LogP contribution in [0.5, 0.6) is 11.5 Å². The van der Waals surface area contributed by atoms with Crippen molar-refractivity contribution < 1.29 is 14.3 Å². The van der Waals surface area contributed by atoms with Crippen molar-refractivity contribution in [3.05, 3.63) is 47.5 Å². The number of benzene rings is 2. The molecule has 170 valence electrons. The Hall–Kier alpha value is -2.71. The normalized spacial score (nSPS) is 10.9. The largest absolute Gasteiger partial charge is 0.495 e. The quantitative estimate of drug-likeness (QED) is 0.397. The molecular formula is C23H27ClN4O3S. The highest BCUT2D eigenvalue weighted by Gasteiger charge is 2.16. The minimum atomic E-state index is -0.186. The van der Waals surface area contributed by atoms with Gasteiger partial charge in [-0.15, -0.1) is 10.2 Å². The van der Waals surface area contributed by atoms with E-state index in [1.165, 1.54) is 11.8 Å². The molecule has 7 nitrogen and oxygen atoms in total. The van der Waals surface area contributed by atoms with Crippen molar-refractivity contribution in [1.29, 1.82) is 0 Å². The number of anilines is 1. The maximum absolute atomic E-state index is 12.5. The van der Waals surface area contributed by atoms with Crippen LogP contribution in [-0.4, -0.2) is 40.1 Å². The van der Waals surface area contributed by atoms with E-state index in [2.05, 4.69) is 29.4 Å². The molecule has 0 fully saturated rings. The first-order valence-electron chi connectivity index (χ1n) is 10.3. The summed E-state index contributed by atoms with van der Waals surface area (Å²) in [5.74, 6) is 2.59.